The fourth-order valence-electron chi connectivity index (χ4n) is 1.79. The van der Waals surface area contributed by atoms with Crippen LogP contribution in [0.25, 0.3) is 0 Å². The molecule has 0 atom stereocenters. The van der Waals surface area contributed by atoms with Gasteiger partial charge in [0.05, 0.1) is 13.3 Å². The Morgan fingerprint density at radius 2 is 1.95 bits per heavy atom. The van der Waals surface area contributed by atoms with Gasteiger partial charge in [0.2, 0.25) is 0 Å². The maximum Gasteiger partial charge on any atom is 0.277 e. The van der Waals surface area contributed by atoms with Gasteiger partial charge >= 0.3 is 0 Å². The predicted octanol–water partition coefficient (Wildman–Crippen LogP) is 2.53. The van der Waals surface area contributed by atoms with Crippen molar-refractivity contribution in [2.45, 2.75) is 6.92 Å². The number of hydrogen-bond donors (Lipinski definition) is 1. The summed E-state index contributed by atoms with van der Waals surface area (Å²) in [5, 5.41) is 3.89. The summed E-state index contributed by atoms with van der Waals surface area (Å²) in [6.07, 6.45) is 1.55. The summed E-state index contributed by atoms with van der Waals surface area (Å²) in [5.74, 6) is 1.07. The summed E-state index contributed by atoms with van der Waals surface area (Å²) >= 11 is 0. The highest BCUT2D eigenvalue weighted by Crippen LogP contribution is 2.12. The number of nitrogens with zero attached hydrogens (tertiary/aromatic N) is 1. The number of hydrogen-bond acceptors (Lipinski definition) is 4. The highest BCUT2D eigenvalue weighted by molar-refractivity contribution is 5.83. The van der Waals surface area contributed by atoms with Crippen LogP contribution in [0.2, 0.25) is 0 Å². The van der Waals surface area contributed by atoms with Crippen LogP contribution in [0.1, 0.15) is 11.1 Å². The van der Waals surface area contributed by atoms with Gasteiger partial charge in [-0.15, -0.1) is 0 Å². The van der Waals surface area contributed by atoms with Crippen molar-refractivity contribution in [3.63, 3.8) is 0 Å². The van der Waals surface area contributed by atoms with Crippen molar-refractivity contribution >= 4 is 12.1 Å². The molecular formula is C17H18N2O3. The zero-order chi connectivity index (χ0) is 15.8. The van der Waals surface area contributed by atoms with Crippen LogP contribution in [0.4, 0.5) is 0 Å². The summed E-state index contributed by atoms with van der Waals surface area (Å²) in [4.78, 5) is 11.6. The molecule has 0 aliphatic heterocycles. The Kier molecular flexibility index (Phi) is 5.54. The van der Waals surface area contributed by atoms with Crippen LogP contribution in [0.15, 0.2) is 53.6 Å². The number of carbonyl (C=O) groups is 1. The molecule has 0 heterocycles. The summed E-state index contributed by atoms with van der Waals surface area (Å²) < 4.78 is 10.5. The van der Waals surface area contributed by atoms with E-state index < -0.39 is 0 Å². The van der Waals surface area contributed by atoms with E-state index in [4.69, 9.17) is 9.47 Å². The normalized spacial score (nSPS) is 10.5. The van der Waals surface area contributed by atoms with E-state index in [0.717, 1.165) is 16.9 Å². The molecule has 2 aromatic rings. The van der Waals surface area contributed by atoms with E-state index in [9.17, 15) is 4.79 Å². The molecule has 1 amide bonds. The number of hydrazone groups is 1. The number of methoxy groups -OCH3 is 1. The van der Waals surface area contributed by atoms with Gasteiger partial charge in [-0.2, -0.15) is 5.10 Å². The summed E-state index contributed by atoms with van der Waals surface area (Å²) in [6, 6.07) is 14.9. The van der Waals surface area contributed by atoms with Crippen molar-refractivity contribution in [1.29, 1.82) is 0 Å². The number of amides is 1. The maximum absolute atomic E-state index is 11.6. The quantitative estimate of drug-likeness (QED) is 0.658. The van der Waals surface area contributed by atoms with E-state index in [-0.39, 0.29) is 12.5 Å². The summed E-state index contributed by atoms with van der Waals surface area (Å²) in [6.45, 7) is 1.88. The van der Waals surface area contributed by atoms with E-state index in [0.29, 0.717) is 5.75 Å². The van der Waals surface area contributed by atoms with Crippen molar-refractivity contribution in [2.75, 3.05) is 13.7 Å². The van der Waals surface area contributed by atoms with Gasteiger partial charge in [0.15, 0.2) is 6.61 Å². The van der Waals surface area contributed by atoms with Gasteiger partial charge in [-0.25, -0.2) is 5.43 Å². The molecule has 0 fully saturated rings. The topological polar surface area (TPSA) is 59.9 Å². The monoisotopic (exact) mass is 298 g/mol. The van der Waals surface area contributed by atoms with Crippen molar-refractivity contribution in [3.8, 4) is 11.5 Å². The summed E-state index contributed by atoms with van der Waals surface area (Å²) in [5.41, 5.74) is 4.33. The van der Waals surface area contributed by atoms with Crippen molar-refractivity contribution in [3.05, 3.63) is 59.7 Å². The summed E-state index contributed by atoms with van der Waals surface area (Å²) in [7, 11) is 1.60. The SMILES string of the molecule is COc1cccc(/C=N\NC(=O)COc2cccc(C)c2)c1. The molecule has 0 unspecified atom stereocenters. The molecule has 2 aromatic carbocycles. The largest absolute Gasteiger partial charge is 0.497 e. The van der Waals surface area contributed by atoms with Crippen LogP contribution in [-0.2, 0) is 4.79 Å². The lowest BCUT2D eigenvalue weighted by atomic mass is 10.2. The van der Waals surface area contributed by atoms with Crippen LogP contribution in [0, 0.1) is 6.92 Å². The molecule has 1 N–H and O–H groups in total. The minimum Gasteiger partial charge on any atom is -0.497 e. The molecule has 0 spiro atoms. The number of carbonyl (C=O) groups excluding carboxylic acids is 1. The maximum atomic E-state index is 11.6. The molecule has 5 heteroatoms. The van der Waals surface area contributed by atoms with E-state index in [2.05, 4.69) is 10.5 Å². The minimum absolute atomic E-state index is 0.0844. The van der Waals surface area contributed by atoms with Crippen LogP contribution in [-0.4, -0.2) is 25.8 Å². The molecule has 114 valence electrons. The van der Waals surface area contributed by atoms with Crippen LogP contribution < -0.4 is 14.9 Å². The second-order valence-electron chi connectivity index (χ2n) is 4.67. The Morgan fingerprint density at radius 1 is 1.18 bits per heavy atom. The van der Waals surface area contributed by atoms with Gasteiger partial charge < -0.3 is 9.47 Å². The minimum atomic E-state index is -0.319. The Bertz CT molecular complexity index is 668. The first-order valence-corrected chi connectivity index (χ1v) is 6.83. The predicted molar refractivity (Wildman–Crippen MR) is 85.4 cm³/mol. The van der Waals surface area contributed by atoms with Gasteiger partial charge in [0.25, 0.3) is 5.91 Å². The van der Waals surface area contributed by atoms with Crippen molar-refractivity contribution in [2.24, 2.45) is 5.10 Å². The standard InChI is InChI=1S/C17H18N2O3/c1-13-5-3-8-16(9-13)22-12-17(20)19-18-11-14-6-4-7-15(10-14)21-2/h3-11H,12H2,1-2H3,(H,19,20)/b18-11-. The first kappa shape index (κ1) is 15.6. The fourth-order valence-corrected chi connectivity index (χ4v) is 1.79. The lowest BCUT2D eigenvalue weighted by molar-refractivity contribution is -0.123. The molecule has 0 saturated carbocycles. The Hall–Kier alpha value is -2.82. The van der Waals surface area contributed by atoms with Crippen LogP contribution in [0.3, 0.4) is 0 Å². The molecule has 0 bridgehead atoms. The highest BCUT2D eigenvalue weighted by atomic mass is 16.5. The van der Waals surface area contributed by atoms with E-state index in [1.165, 1.54) is 0 Å². The third-order valence-corrected chi connectivity index (χ3v) is 2.86. The number of benzene rings is 2. The van der Waals surface area contributed by atoms with E-state index in [1.54, 1.807) is 19.4 Å². The first-order valence-electron chi connectivity index (χ1n) is 6.83. The molecule has 0 aromatic heterocycles. The first-order chi connectivity index (χ1) is 10.7. The van der Waals surface area contributed by atoms with Gasteiger partial charge in [-0.3, -0.25) is 4.79 Å². The molecule has 2 rings (SSSR count). The lowest BCUT2D eigenvalue weighted by Gasteiger charge is -2.05. The average molecular weight is 298 g/mol. The fraction of sp³-hybridized carbons (Fsp3) is 0.176. The number of ether oxygens (including phenoxy) is 2. The molecule has 0 aliphatic rings. The molecule has 0 saturated heterocycles. The zero-order valence-corrected chi connectivity index (χ0v) is 12.6. The average Bonchev–Trinajstić information content (AvgIpc) is 2.53. The van der Waals surface area contributed by atoms with E-state index in [1.807, 2.05) is 49.4 Å². The number of aryl methyl sites for hydroxylation is 1. The Balaban J connectivity index is 1.81. The number of rotatable bonds is 6. The Labute approximate surface area is 129 Å². The smallest absolute Gasteiger partial charge is 0.277 e. The number of nitrogens with one attached hydrogen (secondary N) is 1. The van der Waals surface area contributed by atoms with Crippen molar-refractivity contribution < 1.29 is 14.3 Å². The third-order valence-electron chi connectivity index (χ3n) is 2.86. The molecule has 0 radical (unpaired) electrons. The second-order valence-corrected chi connectivity index (χ2v) is 4.67. The molecule has 22 heavy (non-hydrogen) atoms. The van der Waals surface area contributed by atoms with Crippen LogP contribution >= 0.6 is 0 Å². The Morgan fingerprint density at radius 3 is 2.73 bits per heavy atom. The highest BCUT2D eigenvalue weighted by Gasteiger charge is 2.01. The van der Waals surface area contributed by atoms with Crippen molar-refractivity contribution in [1.82, 2.24) is 5.43 Å². The molecular weight excluding hydrogens is 280 g/mol. The van der Waals surface area contributed by atoms with Gasteiger partial charge in [0.1, 0.15) is 11.5 Å². The van der Waals surface area contributed by atoms with Gasteiger partial charge in [-0.1, -0.05) is 24.3 Å². The van der Waals surface area contributed by atoms with Crippen LogP contribution in [0.5, 0.6) is 11.5 Å². The molecule has 5 nitrogen and oxygen atoms in total. The lowest BCUT2D eigenvalue weighted by Crippen LogP contribution is -2.24. The zero-order valence-electron chi connectivity index (χ0n) is 12.6. The molecule has 0 aliphatic carbocycles. The van der Waals surface area contributed by atoms with E-state index >= 15 is 0 Å². The van der Waals surface area contributed by atoms with Gasteiger partial charge in [0, 0.05) is 0 Å². The van der Waals surface area contributed by atoms with Gasteiger partial charge in [-0.05, 0) is 42.3 Å². The second kappa shape index (κ2) is 7.83. The third kappa shape index (κ3) is 4.94.